The fraction of sp³-hybridized carbons (Fsp3) is 0.222. The van der Waals surface area contributed by atoms with Crippen LogP contribution in [0.1, 0.15) is 11.4 Å². The van der Waals surface area contributed by atoms with Gasteiger partial charge in [-0.05, 0) is 28.6 Å². The molecule has 0 aliphatic carbocycles. The number of hydrogen-bond acceptors (Lipinski definition) is 4. The van der Waals surface area contributed by atoms with Crippen LogP contribution in [-0.2, 0) is 12.7 Å². The van der Waals surface area contributed by atoms with E-state index in [4.69, 9.17) is 5.73 Å². The summed E-state index contributed by atoms with van der Waals surface area (Å²) in [7, 11) is 0. The molecule has 0 fully saturated rings. The second kappa shape index (κ2) is 4.65. The summed E-state index contributed by atoms with van der Waals surface area (Å²) in [5.41, 5.74) is 4.81. The van der Waals surface area contributed by atoms with Crippen LogP contribution in [0, 0.1) is 0 Å². The second-order valence-electron chi connectivity index (χ2n) is 3.41. The molecule has 0 saturated carbocycles. The Labute approximate surface area is 108 Å². The van der Waals surface area contributed by atoms with E-state index in [0.717, 1.165) is 12.1 Å². The summed E-state index contributed by atoms with van der Waals surface area (Å²) in [6.45, 7) is 0.0286. The number of tetrazole rings is 1. The van der Waals surface area contributed by atoms with Crippen molar-refractivity contribution in [3.05, 3.63) is 34.1 Å². The molecule has 0 unspecified atom stereocenters. The zero-order valence-electron chi connectivity index (χ0n) is 8.82. The third-order valence-corrected chi connectivity index (χ3v) is 2.63. The van der Waals surface area contributed by atoms with Gasteiger partial charge in [0.05, 0.1) is 17.8 Å². The molecule has 2 aromatic rings. The van der Waals surface area contributed by atoms with Crippen LogP contribution >= 0.6 is 15.9 Å². The molecule has 2 rings (SSSR count). The van der Waals surface area contributed by atoms with Gasteiger partial charge in [0.25, 0.3) is 0 Å². The van der Waals surface area contributed by atoms with Crippen molar-refractivity contribution in [3.63, 3.8) is 0 Å². The lowest BCUT2D eigenvalue weighted by Gasteiger charge is -2.10. The van der Waals surface area contributed by atoms with E-state index in [2.05, 4.69) is 31.5 Å². The smallest absolute Gasteiger partial charge is 0.324 e. The van der Waals surface area contributed by atoms with E-state index in [0.29, 0.717) is 0 Å². The van der Waals surface area contributed by atoms with Gasteiger partial charge < -0.3 is 5.73 Å². The highest BCUT2D eigenvalue weighted by Gasteiger charge is 2.31. The maximum absolute atomic E-state index is 12.7. The highest BCUT2D eigenvalue weighted by molar-refractivity contribution is 9.10. The molecule has 1 heterocycles. The van der Waals surface area contributed by atoms with Crippen LogP contribution in [0.25, 0.3) is 5.69 Å². The molecule has 2 N–H and O–H groups in total. The van der Waals surface area contributed by atoms with Crippen molar-refractivity contribution < 1.29 is 13.2 Å². The molecule has 0 saturated heterocycles. The van der Waals surface area contributed by atoms with Crippen LogP contribution in [0.2, 0.25) is 0 Å². The minimum Gasteiger partial charge on any atom is -0.324 e. The molecular formula is C9H7BrF3N5. The minimum atomic E-state index is -4.44. The van der Waals surface area contributed by atoms with Crippen molar-refractivity contribution in [1.29, 1.82) is 0 Å². The van der Waals surface area contributed by atoms with Gasteiger partial charge in [-0.1, -0.05) is 15.9 Å². The van der Waals surface area contributed by atoms with Gasteiger partial charge in [0.1, 0.15) is 0 Å². The molecule has 0 aliphatic heterocycles. The van der Waals surface area contributed by atoms with Crippen LogP contribution in [-0.4, -0.2) is 20.2 Å². The average Bonchev–Trinajstić information content (AvgIpc) is 2.74. The molecule has 96 valence electrons. The lowest BCUT2D eigenvalue weighted by molar-refractivity contribution is -0.137. The second-order valence-corrected chi connectivity index (χ2v) is 4.32. The third kappa shape index (κ3) is 2.51. The van der Waals surface area contributed by atoms with E-state index in [1.807, 2.05) is 0 Å². The predicted octanol–water partition coefficient (Wildman–Crippen LogP) is 1.90. The number of hydrogen-bond donors (Lipinski definition) is 1. The Morgan fingerprint density at radius 3 is 2.61 bits per heavy atom. The number of aromatic nitrogens is 4. The lowest BCUT2D eigenvalue weighted by atomic mass is 10.2. The van der Waals surface area contributed by atoms with Crippen molar-refractivity contribution in [1.82, 2.24) is 20.2 Å². The maximum Gasteiger partial charge on any atom is 0.416 e. The largest absolute Gasteiger partial charge is 0.416 e. The Kier molecular flexibility index (Phi) is 3.35. The molecule has 0 aliphatic rings. The van der Waals surface area contributed by atoms with Gasteiger partial charge in [-0.3, -0.25) is 0 Å². The molecule has 1 aromatic carbocycles. The lowest BCUT2D eigenvalue weighted by Crippen LogP contribution is -2.10. The number of rotatable bonds is 2. The standard InChI is InChI=1S/C9H7BrF3N5/c10-6-1-5(9(11,12)13)2-7(3-6)18-8(4-14)15-16-17-18/h1-3H,4,14H2. The molecule has 0 atom stereocenters. The van der Waals surface area contributed by atoms with Crippen LogP contribution in [0.15, 0.2) is 22.7 Å². The molecule has 9 heteroatoms. The predicted molar refractivity (Wildman–Crippen MR) is 59.7 cm³/mol. The van der Waals surface area contributed by atoms with Gasteiger partial charge in [-0.15, -0.1) is 5.10 Å². The summed E-state index contributed by atoms with van der Waals surface area (Å²) in [5, 5.41) is 10.6. The van der Waals surface area contributed by atoms with Crippen LogP contribution in [0.3, 0.4) is 0 Å². The molecule has 5 nitrogen and oxygen atoms in total. The first-order valence-electron chi connectivity index (χ1n) is 4.77. The first-order valence-corrected chi connectivity index (χ1v) is 5.56. The van der Waals surface area contributed by atoms with Crippen LogP contribution in [0.4, 0.5) is 13.2 Å². The molecule has 1 aromatic heterocycles. The summed E-state index contributed by atoms with van der Waals surface area (Å²) in [6, 6.07) is 3.42. The van der Waals surface area contributed by atoms with E-state index < -0.39 is 11.7 Å². The Morgan fingerprint density at radius 2 is 2.00 bits per heavy atom. The molecule has 0 spiro atoms. The Morgan fingerprint density at radius 1 is 1.28 bits per heavy atom. The normalized spacial score (nSPS) is 11.8. The molecule has 0 bridgehead atoms. The minimum absolute atomic E-state index is 0.0286. The van der Waals surface area contributed by atoms with Gasteiger partial charge in [-0.25, -0.2) is 0 Å². The van der Waals surface area contributed by atoms with Crippen molar-refractivity contribution in [2.75, 3.05) is 0 Å². The number of benzene rings is 1. The maximum atomic E-state index is 12.7. The van der Waals surface area contributed by atoms with E-state index in [9.17, 15) is 13.2 Å². The number of nitrogens with zero attached hydrogens (tertiary/aromatic N) is 4. The first kappa shape index (κ1) is 13.0. The zero-order valence-corrected chi connectivity index (χ0v) is 10.4. The Bertz CT molecular complexity index is 566. The monoisotopic (exact) mass is 321 g/mol. The zero-order chi connectivity index (χ0) is 13.3. The summed E-state index contributed by atoms with van der Waals surface area (Å²) < 4.78 is 39.4. The summed E-state index contributed by atoms with van der Waals surface area (Å²) in [5.74, 6) is 0.279. The highest BCUT2D eigenvalue weighted by Crippen LogP contribution is 2.32. The fourth-order valence-electron chi connectivity index (χ4n) is 1.39. The van der Waals surface area contributed by atoms with Crippen LogP contribution in [0.5, 0.6) is 0 Å². The van der Waals surface area contributed by atoms with Crippen molar-refractivity contribution in [2.45, 2.75) is 12.7 Å². The molecular weight excluding hydrogens is 315 g/mol. The fourth-order valence-corrected chi connectivity index (χ4v) is 1.87. The summed E-state index contributed by atoms with van der Waals surface area (Å²) in [4.78, 5) is 0. The van der Waals surface area contributed by atoms with Crippen molar-refractivity contribution in [2.24, 2.45) is 5.73 Å². The van der Waals surface area contributed by atoms with E-state index in [1.165, 1.54) is 10.7 Å². The van der Waals surface area contributed by atoms with Gasteiger partial charge in [0, 0.05) is 4.47 Å². The van der Waals surface area contributed by atoms with E-state index in [-0.39, 0.29) is 22.5 Å². The number of alkyl halides is 3. The van der Waals surface area contributed by atoms with E-state index in [1.54, 1.807) is 0 Å². The van der Waals surface area contributed by atoms with Crippen molar-refractivity contribution in [3.8, 4) is 5.69 Å². The average molecular weight is 322 g/mol. The Hall–Kier alpha value is -1.48. The van der Waals surface area contributed by atoms with E-state index >= 15 is 0 Å². The van der Waals surface area contributed by atoms with Crippen LogP contribution < -0.4 is 5.73 Å². The van der Waals surface area contributed by atoms with Gasteiger partial charge in [0.2, 0.25) is 0 Å². The summed E-state index contributed by atoms with van der Waals surface area (Å²) in [6.07, 6.45) is -4.44. The molecule has 0 amide bonds. The van der Waals surface area contributed by atoms with Gasteiger partial charge in [-0.2, -0.15) is 17.9 Å². The van der Waals surface area contributed by atoms with Crippen molar-refractivity contribution >= 4 is 15.9 Å². The third-order valence-electron chi connectivity index (χ3n) is 2.17. The molecule has 0 radical (unpaired) electrons. The SMILES string of the molecule is NCc1nnnn1-c1cc(Br)cc(C(F)(F)F)c1. The highest BCUT2D eigenvalue weighted by atomic mass is 79.9. The topological polar surface area (TPSA) is 69.6 Å². The van der Waals surface area contributed by atoms with Gasteiger partial charge >= 0.3 is 6.18 Å². The molecule has 18 heavy (non-hydrogen) atoms. The van der Waals surface area contributed by atoms with Gasteiger partial charge in [0.15, 0.2) is 5.82 Å². The number of halogens is 4. The number of nitrogens with two attached hydrogens (primary N) is 1. The summed E-state index contributed by atoms with van der Waals surface area (Å²) >= 11 is 3.02. The quantitative estimate of drug-likeness (QED) is 0.917. The Balaban J connectivity index is 2.56. The first-order chi connectivity index (χ1) is 8.41.